The molecule has 0 aliphatic carbocycles. The zero-order chi connectivity index (χ0) is 18.1. The van der Waals surface area contributed by atoms with E-state index < -0.39 is 0 Å². The number of hydrogen-bond acceptors (Lipinski definition) is 4. The summed E-state index contributed by atoms with van der Waals surface area (Å²) in [5.41, 5.74) is 1.79. The average molecular weight is 343 g/mol. The molecule has 0 saturated heterocycles. The molecule has 6 heteroatoms. The quantitative estimate of drug-likeness (QED) is 0.570. The molecule has 0 radical (unpaired) electrons. The van der Waals surface area contributed by atoms with Gasteiger partial charge in [-0.1, -0.05) is 18.2 Å². The Morgan fingerprint density at radius 2 is 2.00 bits per heavy atom. The average Bonchev–Trinajstić information content (AvgIpc) is 3.09. The summed E-state index contributed by atoms with van der Waals surface area (Å²) in [6.45, 7) is 9.54. The molecule has 1 aromatic heterocycles. The fourth-order valence-electron chi connectivity index (χ4n) is 2.20. The Bertz CT molecular complexity index is 651. The highest BCUT2D eigenvalue weighted by molar-refractivity contribution is 5.79. The number of aromatic nitrogens is 1. The van der Waals surface area contributed by atoms with Gasteiger partial charge in [0.2, 0.25) is 5.89 Å². The SMILES string of the molecule is CCNC(=NCc1coc(-c2ccccc2)n1)NCCN(C)C(C)C. The molecule has 0 atom stereocenters. The topological polar surface area (TPSA) is 65.7 Å². The van der Waals surface area contributed by atoms with Crippen molar-refractivity contribution >= 4 is 5.96 Å². The third kappa shape index (κ3) is 6.23. The fourth-order valence-corrected chi connectivity index (χ4v) is 2.20. The van der Waals surface area contributed by atoms with E-state index in [-0.39, 0.29) is 0 Å². The van der Waals surface area contributed by atoms with Gasteiger partial charge in [-0.3, -0.25) is 0 Å². The third-order valence-electron chi connectivity index (χ3n) is 3.95. The number of oxazole rings is 1. The van der Waals surface area contributed by atoms with E-state index in [1.165, 1.54) is 0 Å². The van der Waals surface area contributed by atoms with Crippen LogP contribution in [-0.4, -0.2) is 48.6 Å². The van der Waals surface area contributed by atoms with E-state index >= 15 is 0 Å². The summed E-state index contributed by atoms with van der Waals surface area (Å²) < 4.78 is 5.55. The summed E-state index contributed by atoms with van der Waals surface area (Å²) in [5, 5.41) is 6.61. The minimum atomic E-state index is 0.478. The molecule has 0 amide bonds. The lowest BCUT2D eigenvalue weighted by Crippen LogP contribution is -2.42. The molecule has 0 saturated carbocycles. The first-order valence-electron chi connectivity index (χ1n) is 8.82. The van der Waals surface area contributed by atoms with Crippen molar-refractivity contribution in [2.24, 2.45) is 4.99 Å². The summed E-state index contributed by atoms with van der Waals surface area (Å²) in [7, 11) is 2.12. The van der Waals surface area contributed by atoms with Gasteiger partial charge in [-0.15, -0.1) is 0 Å². The number of benzene rings is 1. The van der Waals surface area contributed by atoms with Gasteiger partial charge < -0.3 is 20.0 Å². The lowest BCUT2D eigenvalue weighted by atomic mass is 10.2. The van der Waals surface area contributed by atoms with Crippen molar-refractivity contribution < 1.29 is 4.42 Å². The smallest absolute Gasteiger partial charge is 0.226 e. The van der Waals surface area contributed by atoms with Gasteiger partial charge in [-0.25, -0.2) is 9.98 Å². The molecule has 136 valence electrons. The normalized spacial score (nSPS) is 12.0. The van der Waals surface area contributed by atoms with Gasteiger partial charge in [0.1, 0.15) is 12.0 Å². The predicted molar refractivity (Wildman–Crippen MR) is 103 cm³/mol. The molecule has 2 N–H and O–H groups in total. The van der Waals surface area contributed by atoms with Gasteiger partial charge >= 0.3 is 0 Å². The zero-order valence-corrected chi connectivity index (χ0v) is 15.6. The molecular formula is C19H29N5O. The molecule has 0 spiro atoms. The van der Waals surface area contributed by atoms with Crippen LogP contribution in [0, 0.1) is 0 Å². The lowest BCUT2D eigenvalue weighted by Gasteiger charge is -2.21. The number of aliphatic imine (C=N–C) groups is 1. The van der Waals surface area contributed by atoms with Crippen LogP contribution in [0.25, 0.3) is 11.5 Å². The lowest BCUT2D eigenvalue weighted by molar-refractivity contribution is 0.278. The van der Waals surface area contributed by atoms with E-state index in [9.17, 15) is 0 Å². The monoisotopic (exact) mass is 343 g/mol. The second-order valence-electron chi connectivity index (χ2n) is 6.21. The highest BCUT2D eigenvalue weighted by Crippen LogP contribution is 2.18. The van der Waals surface area contributed by atoms with Crippen LogP contribution in [0.2, 0.25) is 0 Å². The highest BCUT2D eigenvalue weighted by atomic mass is 16.3. The van der Waals surface area contributed by atoms with Crippen molar-refractivity contribution in [3.63, 3.8) is 0 Å². The second kappa shape index (κ2) is 9.84. The summed E-state index contributed by atoms with van der Waals surface area (Å²) in [6.07, 6.45) is 1.67. The number of nitrogens with zero attached hydrogens (tertiary/aromatic N) is 3. The molecule has 0 bridgehead atoms. The van der Waals surface area contributed by atoms with Crippen LogP contribution in [-0.2, 0) is 6.54 Å². The van der Waals surface area contributed by atoms with E-state index in [1.807, 2.05) is 30.3 Å². The van der Waals surface area contributed by atoms with Crippen LogP contribution in [0.4, 0.5) is 0 Å². The molecule has 0 aliphatic heterocycles. The van der Waals surface area contributed by atoms with Crippen molar-refractivity contribution in [1.29, 1.82) is 0 Å². The van der Waals surface area contributed by atoms with Crippen LogP contribution in [0.5, 0.6) is 0 Å². The maximum Gasteiger partial charge on any atom is 0.226 e. The first-order valence-corrected chi connectivity index (χ1v) is 8.82. The van der Waals surface area contributed by atoms with Crippen molar-refractivity contribution in [2.75, 3.05) is 26.7 Å². The molecule has 0 aliphatic rings. The number of likely N-dealkylation sites (N-methyl/N-ethyl adjacent to an activating group) is 1. The van der Waals surface area contributed by atoms with Crippen molar-refractivity contribution in [2.45, 2.75) is 33.4 Å². The van der Waals surface area contributed by atoms with Gasteiger partial charge in [0, 0.05) is 31.2 Å². The number of nitrogens with one attached hydrogen (secondary N) is 2. The zero-order valence-electron chi connectivity index (χ0n) is 15.6. The molecular weight excluding hydrogens is 314 g/mol. The van der Waals surface area contributed by atoms with Gasteiger partial charge in [0.05, 0.1) is 6.54 Å². The van der Waals surface area contributed by atoms with Crippen molar-refractivity contribution in [3.05, 3.63) is 42.3 Å². The Balaban J connectivity index is 1.91. The standard InChI is InChI=1S/C19H29N5O/c1-5-20-19(21-11-12-24(4)15(2)3)22-13-17-14-25-18(23-17)16-9-7-6-8-10-16/h6-10,14-15H,5,11-13H2,1-4H3,(H2,20,21,22). The molecule has 1 aromatic carbocycles. The molecule has 2 aromatic rings. The third-order valence-corrected chi connectivity index (χ3v) is 3.95. The first kappa shape index (κ1) is 19.0. The van der Waals surface area contributed by atoms with Crippen molar-refractivity contribution in [1.82, 2.24) is 20.5 Å². The van der Waals surface area contributed by atoms with E-state index in [0.29, 0.717) is 18.5 Å². The van der Waals surface area contributed by atoms with Crippen LogP contribution < -0.4 is 10.6 Å². The highest BCUT2D eigenvalue weighted by Gasteiger charge is 2.07. The second-order valence-corrected chi connectivity index (χ2v) is 6.21. The van der Waals surface area contributed by atoms with E-state index in [1.54, 1.807) is 6.26 Å². The fraction of sp³-hybridized carbons (Fsp3) is 0.474. The summed E-state index contributed by atoms with van der Waals surface area (Å²) in [4.78, 5) is 11.4. The predicted octanol–water partition coefficient (Wildman–Crippen LogP) is 2.74. The Morgan fingerprint density at radius 3 is 2.68 bits per heavy atom. The molecule has 25 heavy (non-hydrogen) atoms. The summed E-state index contributed by atoms with van der Waals surface area (Å²) in [6, 6.07) is 10.4. The molecule has 6 nitrogen and oxygen atoms in total. The van der Waals surface area contributed by atoms with E-state index in [4.69, 9.17) is 4.42 Å². The summed E-state index contributed by atoms with van der Waals surface area (Å²) in [5.74, 6) is 1.42. The van der Waals surface area contributed by atoms with Crippen LogP contribution in [0.3, 0.4) is 0 Å². The molecule has 0 fully saturated rings. The van der Waals surface area contributed by atoms with Crippen LogP contribution in [0.15, 0.2) is 46.0 Å². The number of guanidine groups is 1. The maximum absolute atomic E-state index is 5.55. The molecule has 2 rings (SSSR count). The largest absolute Gasteiger partial charge is 0.444 e. The number of hydrogen-bond donors (Lipinski definition) is 2. The summed E-state index contributed by atoms with van der Waals surface area (Å²) >= 11 is 0. The Hall–Kier alpha value is -2.34. The minimum absolute atomic E-state index is 0.478. The molecule has 1 heterocycles. The van der Waals surface area contributed by atoms with Gasteiger partial charge in [-0.2, -0.15) is 0 Å². The Kier molecular flexibility index (Phi) is 7.47. The van der Waals surface area contributed by atoms with Crippen LogP contribution >= 0.6 is 0 Å². The van der Waals surface area contributed by atoms with E-state index in [0.717, 1.165) is 36.9 Å². The number of rotatable bonds is 8. The first-order chi connectivity index (χ1) is 12.1. The van der Waals surface area contributed by atoms with Gasteiger partial charge in [0.15, 0.2) is 5.96 Å². The molecule has 0 unspecified atom stereocenters. The van der Waals surface area contributed by atoms with Crippen LogP contribution in [0.1, 0.15) is 26.5 Å². The van der Waals surface area contributed by atoms with Gasteiger partial charge in [-0.05, 0) is 40.0 Å². The van der Waals surface area contributed by atoms with E-state index in [2.05, 4.69) is 53.3 Å². The van der Waals surface area contributed by atoms with Gasteiger partial charge in [0.25, 0.3) is 0 Å². The Morgan fingerprint density at radius 1 is 1.24 bits per heavy atom. The minimum Gasteiger partial charge on any atom is -0.444 e. The maximum atomic E-state index is 5.55. The van der Waals surface area contributed by atoms with Crippen molar-refractivity contribution in [3.8, 4) is 11.5 Å². The Labute approximate surface area is 150 Å².